The van der Waals surface area contributed by atoms with E-state index in [-0.39, 0.29) is 11.7 Å². The molecule has 1 N–H and O–H groups in total. The van der Waals surface area contributed by atoms with E-state index < -0.39 is 6.61 Å². The van der Waals surface area contributed by atoms with Gasteiger partial charge in [0.15, 0.2) is 0 Å². The summed E-state index contributed by atoms with van der Waals surface area (Å²) in [4.78, 5) is 12.0. The number of anilines is 1. The summed E-state index contributed by atoms with van der Waals surface area (Å²) in [5.41, 5.74) is 3.58. The molecular formula is C16H19F2N3O2. The molecule has 1 heterocycles. The van der Waals surface area contributed by atoms with Crippen molar-refractivity contribution < 1.29 is 18.3 Å². The topological polar surface area (TPSA) is 56.2 Å². The minimum Gasteiger partial charge on any atom is -0.435 e. The Balaban J connectivity index is 1.89. The highest BCUT2D eigenvalue weighted by molar-refractivity contribution is 5.90. The van der Waals surface area contributed by atoms with Crippen molar-refractivity contribution in [1.82, 2.24) is 9.78 Å². The number of hydrogen-bond donors (Lipinski definition) is 1. The quantitative estimate of drug-likeness (QED) is 0.888. The van der Waals surface area contributed by atoms with E-state index in [4.69, 9.17) is 0 Å². The Morgan fingerprint density at radius 2 is 1.96 bits per heavy atom. The minimum atomic E-state index is -2.86. The van der Waals surface area contributed by atoms with Crippen molar-refractivity contribution in [2.24, 2.45) is 7.05 Å². The van der Waals surface area contributed by atoms with Crippen LogP contribution in [-0.2, 0) is 18.3 Å². The normalized spacial score (nSPS) is 10.9. The zero-order valence-corrected chi connectivity index (χ0v) is 13.3. The Morgan fingerprint density at radius 3 is 2.48 bits per heavy atom. The Bertz CT molecular complexity index is 681. The molecule has 1 aromatic carbocycles. The molecule has 0 atom stereocenters. The number of hydrogen-bond acceptors (Lipinski definition) is 3. The van der Waals surface area contributed by atoms with Gasteiger partial charge in [-0.05, 0) is 50.1 Å². The Morgan fingerprint density at radius 1 is 1.30 bits per heavy atom. The predicted molar refractivity (Wildman–Crippen MR) is 82.7 cm³/mol. The van der Waals surface area contributed by atoms with Crippen LogP contribution in [0, 0.1) is 13.8 Å². The first kappa shape index (κ1) is 16.9. The van der Waals surface area contributed by atoms with Crippen molar-refractivity contribution in [3.63, 3.8) is 0 Å². The molecule has 1 aromatic heterocycles. The Hall–Kier alpha value is -2.44. The predicted octanol–water partition coefficient (Wildman–Crippen LogP) is 3.21. The number of carbonyl (C=O) groups is 1. The molecule has 5 nitrogen and oxygen atoms in total. The second-order valence-electron chi connectivity index (χ2n) is 5.22. The highest BCUT2D eigenvalue weighted by atomic mass is 19.3. The number of amides is 1. The van der Waals surface area contributed by atoms with Gasteiger partial charge in [-0.1, -0.05) is 0 Å². The fraction of sp³-hybridized carbons (Fsp3) is 0.375. The summed E-state index contributed by atoms with van der Waals surface area (Å²) in [6.07, 6.45) is 0.923. The molecule has 0 aliphatic rings. The van der Waals surface area contributed by atoms with Gasteiger partial charge >= 0.3 is 6.61 Å². The van der Waals surface area contributed by atoms with Crippen LogP contribution >= 0.6 is 0 Å². The fourth-order valence-corrected chi connectivity index (χ4v) is 2.36. The molecule has 1 amide bonds. The molecule has 124 valence electrons. The van der Waals surface area contributed by atoms with Crippen LogP contribution in [-0.4, -0.2) is 22.3 Å². The summed E-state index contributed by atoms with van der Waals surface area (Å²) < 4.78 is 30.2. The van der Waals surface area contributed by atoms with Crippen molar-refractivity contribution in [3.05, 3.63) is 41.2 Å². The summed E-state index contributed by atoms with van der Waals surface area (Å²) in [5, 5.41) is 7.04. The third-order valence-electron chi connectivity index (χ3n) is 3.62. The lowest BCUT2D eigenvalue weighted by Gasteiger charge is -2.08. The largest absolute Gasteiger partial charge is 0.435 e. The molecule has 0 saturated heterocycles. The third-order valence-corrected chi connectivity index (χ3v) is 3.62. The number of nitrogens with zero attached hydrogens (tertiary/aromatic N) is 2. The lowest BCUT2D eigenvalue weighted by molar-refractivity contribution is -0.116. The molecule has 0 saturated carbocycles. The first-order chi connectivity index (χ1) is 10.9. The maximum Gasteiger partial charge on any atom is 0.387 e. The first-order valence-electron chi connectivity index (χ1n) is 7.20. The monoisotopic (exact) mass is 323 g/mol. The zero-order chi connectivity index (χ0) is 17.0. The van der Waals surface area contributed by atoms with Crippen molar-refractivity contribution >= 4 is 11.6 Å². The van der Waals surface area contributed by atoms with Crippen LogP contribution in [0.4, 0.5) is 14.5 Å². The molecule has 0 aliphatic heterocycles. The fourth-order valence-electron chi connectivity index (χ4n) is 2.36. The van der Waals surface area contributed by atoms with Gasteiger partial charge in [-0.15, -0.1) is 0 Å². The lowest BCUT2D eigenvalue weighted by Crippen LogP contribution is -2.12. The van der Waals surface area contributed by atoms with E-state index in [1.807, 2.05) is 20.9 Å². The highest BCUT2D eigenvalue weighted by Gasteiger charge is 2.11. The van der Waals surface area contributed by atoms with Crippen LogP contribution in [0.2, 0.25) is 0 Å². The smallest absolute Gasteiger partial charge is 0.387 e. The number of aryl methyl sites for hydroxylation is 2. The number of ether oxygens (including phenoxy) is 1. The molecule has 0 radical (unpaired) electrons. The Labute approximate surface area is 133 Å². The van der Waals surface area contributed by atoms with Gasteiger partial charge in [-0.25, -0.2) is 0 Å². The van der Waals surface area contributed by atoms with E-state index in [2.05, 4.69) is 15.2 Å². The van der Waals surface area contributed by atoms with E-state index >= 15 is 0 Å². The molecule has 0 spiro atoms. The van der Waals surface area contributed by atoms with Gasteiger partial charge in [0.2, 0.25) is 5.91 Å². The third kappa shape index (κ3) is 4.51. The average molecular weight is 323 g/mol. The number of benzene rings is 1. The molecule has 2 rings (SSSR count). The molecule has 2 aromatic rings. The number of alkyl halides is 2. The van der Waals surface area contributed by atoms with Crippen LogP contribution in [0.3, 0.4) is 0 Å². The molecule has 23 heavy (non-hydrogen) atoms. The van der Waals surface area contributed by atoms with Gasteiger partial charge in [0.25, 0.3) is 0 Å². The van der Waals surface area contributed by atoms with E-state index in [1.165, 1.54) is 24.3 Å². The standard InChI is InChI=1S/C16H19F2N3O2/c1-10-14(11(2)21(3)20-10)8-9-15(22)19-12-4-6-13(7-5-12)23-16(17)18/h4-7,16H,8-9H2,1-3H3,(H,19,22). The summed E-state index contributed by atoms with van der Waals surface area (Å²) >= 11 is 0. The number of rotatable bonds is 6. The summed E-state index contributed by atoms with van der Waals surface area (Å²) in [6.45, 7) is 1.03. The van der Waals surface area contributed by atoms with Crippen molar-refractivity contribution in [2.45, 2.75) is 33.3 Å². The molecule has 0 bridgehead atoms. The van der Waals surface area contributed by atoms with E-state index in [1.54, 1.807) is 4.68 Å². The van der Waals surface area contributed by atoms with Crippen LogP contribution in [0.15, 0.2) is 24.3 Å². The number of nitrogens with one attached hydrogen (secondary N) is 1. The number of aromatic nitrogens is 2. The van der Waals surface area contributed by atoms with Gasteiger partial charge < -0.3 is 10.1 Å². The molecular weight excluding hydrogens is 304 g/mol. The second-order valence-corrected chi connectivity index (χ2v) is 5.22. The lowest BCUT2D eigenvalue weighted by atomic mass is 10.1. The zero-order valence-electron chi connectivity index (χ0n) is 13.3. The molecule has 0 aliphatic carbocycles. The number of halogens is 2. The van der Waals surface area contributed by atoms with E-state index in [9.17, 15) is 13.6 Å². The van der Waals surface area contributed by atoms with Crippen LogP contribution in [0.1, 0.15) is 23.4 Å². The van der Waals surface area contributed by atoms with Gasteiger partial charge in [-0.3, -0.25) is 9.48 Å². The second kappa shape index (κ2) is 7.21. The van der Waals surface area contributed by atoms with Crippen LogP contribution < -0.4 is 10.1 Å². The molecule has 7 heteroatoms. The highest BCUT2D eigenvalue weighted by Crippen LogP contribution is 2.18. The van der Waals surface area contributed by atoms with E-state index in [0.717, 1.165) is 17.0 Å². The Kier molecular flexibility index (Phi) is 5.31. The maximum atomic E-state index is 12.1. The maximum absolute atomic E-state index is 12.1. The minimum absolute atomic E-state index is 0.0552. The van der Waals surface area contributed by atoms with Gasteiger partial charge in [0.1, 0.15) is 5.75 Å². The first-order valence-corrected chi connectivity index (χ1v) is 7.20. The van der Waals surface area contributed by atoms with Crippen LogP contribution in [0.5, 0.6) is 5.75 Å². The van der Waals surface area contributed by atoms with Gasteiger partial charge in [-0.2, -0.15) is 13.9 Å². The average Bonchev–Trinajstić information content (AvgIpc) is 2.72. The van der Waals surface area contributed by atoms with Crippen LogP contribution in [0.25, 0.3) is 0 Å². The van der Waals surface area contributed by atoms with Gasteiger partial charge in [0, 0.05) is 24.8 Å². The number of carbonyl (C=O) groups excluding carboxylic acids is 1. The van der Waals surface area contributed by atoms with Crippen molar-refractivity contribution in [3.8, 4) is 5.75 Å². The van der Waals surface area contributed by atoms with Crippen molar-refractivity contribution in [2.75, 3.05) is 5.32 Å². The molecule has 0 unspecified atom stereocenters. The SMILES string of the molecule is Cc1nn(C)c(C)c1CCC(=O)Nc1ccc(OC(F)F)cc1. The molecule has 0 fully saturated rings. The van der Waals surface area contributed by atoms with Gasteiger partial charge in [0.05, 0.1) is 5.69 Å². The van der Waals surface area contributed by atoms with Crippen molar-refractivity contribution in [1.29, 1.82) is 0 Å². The van der Waals surface area contributed by atoms with E-state index in [0.29, 0.717) is 18.5 Å². The summed E-state index contributed by atoms with van der Waals surface area (Å²) in [7, 11) is 1.87. The summed E-state index contributed by atoms with van der Waals surface area (Å²) in [6, 6.07) is 5.82. The summed E-state index contributed by atoms with van der Waals surface area (Å²) in [5.74, 6) is -0.0882.